The van der Waals surface area contributed by atoms with E-state index in [1.54, 1.807) is 0 Å². The van der Waals surface area contributed by atoms with Gasteiger partial charge in [-0.2, -0.15) is 0 Å². The van der Waals surface area contributed by atoms with Crippen LogP contribution in [0.5, 0.6) is 0 Å². The minimum atomic E-state index is 0.197. The molecule has 0 aliphatic heterocycles. The number of nitrogens with two attached hydrogens (primary N) is 1. The summed E-state index contributed by atoms with van der Waals surface area (Å²) >= 11 is 0. The monoisotopic (exact) mass is 272 g/mol. The molecular formula is C17H24N2O. The molecule has 1 aromatic carbocycles. The normalized spacial score (nSPS) is 32.6. The third-order valence-corrected chi connectivity index (χ3v) is 4.81. The molecule has 0 saturated heterocycles. The zero-order valence-corrected chi connectivity index (χ0v) is 11.9. The van der Waals surface area contributed by atoms with E-state index in [1.807, 2.05) is 18.2 Å². The molecule has 2 fully saturated rings. The molecule has 3 rings (SSSR count). The summed E-state index contributed by atoms with van der Waals surface area (Å²) in [7, 11) is 0. The molecule has 2 atom stereocenters. The Hall–Kier alpha value is -1.35. The Morgan fingerprint density at radius 2 is 1.85 bits per heavy atom. The second-order valence-electron chi connectivity index (χ2n) is 6.39. The molecule has 0 aromatic heterocycles. The first-order valence-electron chi connectivity index (χ1n) is 7.82. The topological polar surface area (TPSA) is 55.1 Å². The maximum absolute atomic E-state index is 12.2. The molecule has 2 aliphatic rings. The molecule has 2 unspecified atom stereocenters. The van der Waals surface area contributed by atoms with E-state index in [2.05, 4.69) is 17.4 Å². The lowest BCUT2D eigenvalue weighted by Gasteiger charge is -2.26. The quantitative estimate of drug-likeness (QED) is 0.884. The minimum absolute atomic E-state index is 0.197. The maximum Gasteiger partial charge on any atom is 0.223 e. The Bertz CT molecular complexity index is 451. The lowest BCUT2D eigenvalue weighted by molar-refractivity contribution is -0.122. The SMILES string of the molecule is NC1CCC(CNC(=O)C2CC2c2ccccc2)CC1. The Morgan fingerprint density at radius 3 is 2.55 bits per heavy atom. The predicted octanol–water partition coefficient (Wildman–Crippen LogP) is 2.42. The number of nitrogens with one attached hydrogen (secondary N) is 1. The smallest absolute Gasteiger partial charge is 0.223 e. The molecule has 1 aromatic rings. The summed E-state index contributed by atoms with van der Waals surface area (Å²) in [6, 6.07) is 10.8. The second kappa shape index (κ2) is 5.96. The Labute approximate surface area is 120 Å². The number of carbonyl (C=O) groups is 1. The first kappa shape index (κ1) is 13.6. The van der Waals surface area contributed by atoms with Gasteiger partial charge in [-0.25, -0.2) is 0 Å². The zero-order valence-electron chi connectivity index (χ0n) is 11.9. The van der Waals surface area contributed by atoms with E-state index >= 15 is 0 Å². The van der Waals surface area contributed by atoms with Crippen LogP contribution in [0.25, 0.3) is 0 Å². The summed E-state index contributed by atoms with van der Waals surface area (Å²) in [4.78, 5) is 12.2. The second-order valence-corrected chi connectivity index (χ2v) is 6.39. The summed E-state index contributed by atoms with van der Waals surface area (Å²) in [5, 5.41) is 3.15. The number of carbonyl (C=O) groups excluding carboxylic acids is 1. The van der Waals surface area contributed by atoms with Crippen molar-refractivity contribution in [3.05, 3.63) is 35.9 Å². The maximum atomic E-state index is 12.2. The molecule has 20 heavy (non-hydrogen) atoms. The fourth-order valence-electron chi connectivity index (χ4n) is 3.32. The third kappa shape index (κ3) is 3.21. The van der Waals surface area contributed by atoms with E-state index in [0.29, 0.717) is 17.9 Å². The molecule has 3 nitrogen and oxygen atoms in total. The molecular weight excluding hydrogens is 248 g/mol. The minimum Gasteiger partial charge on any atom is -0.356 e. The highest BCUT2D eigenvalue weighted by Crippen LogP contribution is 2.47. The number of rotatable bonds is 4. The summed E-state index contributed by atoms with van der Waals surface area (Å²) in [5.74, 6) is 1.51. The fraction of sp³-hybridized carbons (Fsp3) is 0.588. The van der Waals surface area contributed by atoms with Gasteiger partial charge in [-0.3, -0.25) is 4.79 Å². The Morgan fingerprint density at radius 1 is 1.15 bits per heavy atom. The van der Waals surface area contributed by atoms with Crippen LogP contribution in [0.3, 0.4) is 0 Å². The van der Waals surface area contributed by atoms with Crippen molar-refractivity contribution >= 4 is 5.91 Å². The van der Waals surface area contributed by atoms with Crippen molar-refractivity contribution in [2.24, 2.45) is 17.6 Å². The van der Waals surface area contributed by atoms with Gasteiger partial charge in [0, 0.05) is 18.5 Å². The van der Waals surface area contributed by atoms with Crippen LogP contribution in [-0.2, 0) is 4.79 Å². The molecule has 0 radical (unpaired) electrons. The van der Waals surface area contributed by atoms with E-state index in [9.17, 15) is 4.79 Å². The van der Waals surface area contributed by atoms with E-state index < -0.39 is 0 Å². The number of hydrogen-bond acceptors (Lipinski definition) is 2. The van der Waals surface area contributed by atoms with Gasteiger partial charge in [-0.1, -0.05) is 30.3 Å². The lowest BCUT2D eigenvalue weighted by atomic mass is 9.86. The highest BCUT2D eigenvalue weighted by atomic mass is 16.2. The van der Waals surface area contributed by atoms with Gasteiger partial charge in [0.1, 0.15) is 0 Å². The zero-order chi connectivity index (χ0) is 13.9. The van der Waals surface area contributed by atoms with Crippen molar-refractivity contribution in [2.75, 3.05) is 6.54 Å². The van der Waals surface area contributed by atoms with Crippen LogP contribution in [0.4, 0.5) is 0 Å². The Kier molecular flexibility index (Phi) is 4.06. The number of amides is 1. The van der Waals surface area contributed by atoms with Crippen molar-refractivity contribution in [2.45, 2.75) is 44.1 Å². The number of benzene rings is 1. The molecule has 3 heteroatoms. The van der Waals surface area contributed by atoms with Crippen LogP contribution in [-0.4, -0.2) is 18.5 Å². The van der Waals surface area contributed by atoms with Gasteiger partial charge >= 0.3 is 0 Å². The van der Waals surface area contributed by atoms with Crippen molar-refractivity contribution in [1.82, 2.24) is 5.32 Å². The molecule has 2 aliphatic carbocycles. The molecule has 1 amide bonds. The van der Waals surface area contributed by atoms with Gasteiger partial charge in [0.05, 0.1) is 0 Å². The van der Waals surface area contributed by atoms with Crippen LogP contribution in [0.15, 0.2) is 30.3 Å². The van der Waals surface area contributed by atoms with E-state index in [4.69, 9.17) is 5.73 Å². The molecule has 2 saturated carbocycles. The summed E-state index contributed by atoms with van der Waals surface area (Å²) < 4.78 is 0. The van der Waals surface area contributed by atoms with Crippen LogP contribution < -0.4 is 11.1 Å². The van der Waals surface area contributed by atoms with Gasteiger partial charge in [-0.15, -0.1) is 0 Å². The molecule has 108 valence electrons. The van der Waals surface area contributed by atoms with Gasteiger partial charge in [0.2, 0.25) is 5.91 Å². The summed E-state index contributed by atoms with van der Waals surface area (Å²) in [6.07, 6.45) is 5.54. The van der Waals surface area contributed by atoms with Crippen molar-refractivity contribution in [1.29, 1.82) is 0 Å². The molecule has 0 bridgehead atoms. The standard InChI is InChI=1S/C17H24N2O/c18-14-8-6-12(7-9-14)11-19-17(20)16-10-15(16)13-4-2-1-3-5-13/h1-5,12,14-16H,6-11,18H2,(H,19,20). The highest BCUT2D eigenvalue weighted by molar-refractivity contribution is 5.82. The van der Waals surface area contributed by atoms with Gasteiger partial charge in [0.15, 0.2) is 0 Å². The molecule has 0 heterocycles. The van der Waals surface area contributed by atoms with E-state index in [-0.39, 0.29) is 11.8 Å². The van der Waals surface area contributed by atoms with Crippen LogP contribution in [0.1, 0.15) is 43.6 Å². The number of hydrogen-bond donors (Lipinski definition) is 2. The van der Waals surface area contributed by atoms with Crippen LogP contribution in [0, 0.1) is 11.8 Å². The van der Waals surface area contributed by atoms with Crippen molar-refractivity contribution < 1.29 is 4.79 Å². The fourth-order valence-corrected chi connectivity index (χ4v) is 3.32. The summed E-state index contributed by atoms with van der Waals surface area (Å²) in [6.45, 7) is 0.837. The van der Waals surface area contributed by atoms with Crippen molar-refractivity contribution in [3.8, 4) is 0 Å². The lowest BCUT2D eigenvalue weighted by Crippen LogP contribution is -2.35. The van der Waals surface area contributed by atoms with Crippen LogP contribution >= 0.6 is 0 Å². The average molecular weight is 272 g/mol. The molecule has 0 spiro atoms. The van der Waals surface area contributed by atoms with Crippen molar-refractivity contribution in [3.63, 3.8) is 0 Å². The van der Waals surface area contributed by atoms with Crippen LogP contribution in [0.2, 0.25) is 0 Å². The Balaban J connectivity index is 1.43. The van der Waals surface area contributed by atoms with Gasteiger partial charge in [0.25, 0.3) is 0 Å². The first-order valence-corrected chi connectivity index (χ1v) is 7.82. The van der Waals surface area contributed by atoms with E-state index in [0.717, 1.165) is 38.6 Å². The van der Waals surface area contributed by atoms with E-state index in [1.165, 1.54) is 5.56 Å². The molecule has 3 N–H and O–H groups in total. The summed E-state index contributed by atoms with van der Waals surface area (Å²) in [5.41, 5.74) is 7.21. The largest absolute Gasteiger partial charge is 0.356 e. The average Bonchev–Trinajstić information content (AvgIpc) is 3.28. The van der Waals surface area contributed by atoms with Gasteiger partial charge < -0.3 is 11.1 Å². The highest BCUT2D eigenvalue weighted by Gasteiger charge is 2.43. The predicted molar refractivity (Wildman–Crippen MR) is 80.2 cm³/mol. The first-order chi connectivity index (χ1) is 9.74. The van der Waals surface area contributed by atoms with Gasteiger partial charge in [-0.05, 0) is 49.5 Å². The third-order valence-electron chi connectivity index (χ3n) is 4.81.